The molecule has 1 N–H and O–H groups in total. The highest BCUT2D eigenvalue weighted by Crippen LogP contribution is 2.29. The summed E-state index contributed by atoms with van der Waals surface area (Å²) >= 11 is 0. The van der Waals surface area contributed by atoms with Gasteiger partial charge in [0.1, 0.15) is 12.6 Å². The van der Waals surface area contributed by atoms with Gasteiger partial charge < -0.3 is 10.2 Å². The number of carbonyl (C=O) groups excluding carboxylic acids is 2. The molecule has 1 fully saturated rings. The van der Waals surface area contributed by atoms with Crippen molar-refractivity contribution in [3.8, 4) is 0 Å². The van der Waals surface area contributed by atoms with Crippen LogP contribution in [0.1, 0.15) is 51.0 Å². The molecular weight excluding hydrogens is 510 g/mol. The molecule has 0 heterocycles. The molecule has 3 aromatic rings. The van der Waals surface area contributed by atoms with Crippen molar-refractivity contribution in [3.05, 3.63) is 78.4 Å². The standard InChI is InChI=1S/C31H39N3O4S/c1-3-28(31(36)32-26-17-8-5-9-18-26)33(22-21-24-13-6-4-7-14-24)30(35)23-34(39(2,37)38)29-20-12-16-25-15-10-11-19-27(25)29/h4,6-7,10-16,19-20,26,28H,3,5,8-9,17-18,21-23H2,1-2H3,(H,32,36)/t28-/m1/s1. The maximum Gasteiger partial charge on any atom is 0.244 e. The predicted octanol–water partition coefficient (Wildman–Crippen LogP) is 4.90. The highest BCUT2D eigenvalue weighted by molar-refractivity contribution is 7.92. The van der Waals surface area contributed by atoms with Crippen LogP contribution in [0.2, 0.25) is 0 Å². The number of benzene rings is 3. The average Bonchev–Trinajstić information content (AvgIpc) is 2.94. The maximum absolute atomic E-state index is 14.0. The summed E-state index contributed by atoms with van der Waals surface area (Å²) in [6.45, 7) is 1.83. The predicted molar refractivity (Wildman–Crippen MR) is 157 cm³/mol. The van der Waals surface area contributed by atoms with E-state index < -0.39 is 22.0 Å². The van der Waals surface area contributed by atoms with Crippen molar-refractivity contribution >= 4 is 38.3 Å². The Morgan fingerprint density at radius 3 is 2.28 bits per heavy atom. The monoisotopic (exact) mass is 549 g/mol. The van der Waals surface area contributed by atoms with E-state index in [1.807, 2.05) is 67.6 Å². The summed E-state index contributed by atoms with van der Waals surface area (Å²) < 4.78 is 27.2. The van der Waals surface area contributed by atoms with Crippen molar-refractivity contribution in [2.24, 2.45) is 0 Å². The van der Waals surface area contributed by atoms with Crippen molar-refractivity contribution in [1.29, 1.82) is 0 Å². The summed E-state index contributed by atoms with van der Waals surface area (Å²) in [5.41, 5.74) is 1.50. The molecule has 7 nitrogen and oxygen atoms in total. The van der Waals surface area contributed by atoms with Gasteiger partial charge in [0.25, 0.3) is 0 Å². The van der Waals surface area contributed by atoms with Gasteiger partial charge in [-0.25, -0.2) is 8.42 Å². The van der Waals surface area contributed by atoms with Crippen LogP contribution >= 0.6 is 0 Å². The third kappa shape index (κ3) is 7.38. The molecule has 0 aliphatic heterocycles. The lowest BCUT2D eigenvalue weighted by atomic mass is 9.95. The van der Waals surface area contributed by atoms with Crippen molar-refractivity contribution < 1.29 is 18.0 Å². The number of nitrogens with zero attached hydrogens (tertiary/aromatic N) is 2. The van der Waals surface area contributed by atoms with Crippen LogP contribution in [-0.4, -0.2) is 56.6 Å². The van der Waals surface area contributed by atoms with Crippen molar-refractivity contribution in [1.82, 2.24) is 10.2 Å². The summed E-state index contributed by atoms with van der Waals surface area (Å²) in [5.74, 6) is -0.559. The van der Waals surface area contributed by atoms with Gasteiger partial charge in [0.05, 0.1) is 11.9 Å². The normalized spacial score (nSPS) is 15.0. The quantitative estimate of drug-likeness (QED) is 0.368. The zero-order valence-electron chi connectivity index (χ0n) is 22.9. The molecule has 8 heteroatoms. The first kappa shape index (κ1) is 28.6. The van der Waals surface area contributed by atoms with Gasteiger partial charge in [0.2, 0.25) is 21.8 Å². The van der Waals surface area contributed by atoms with Crippen LogP contribution in [0.25, 0.3) is 10.8 Å². The Hall–Kier alpha value is -3.39. The number of carbonyl (C=O) groups is 2. The second-order valence-electron chi connectivity index (χ2n) is 10.4. The number of anilines is 1. The van der Waals surface area contributed by atoms with Gasteiger partial charge in [-0.3, -0.25) is 13.9 Å². The molecule has 39 heavy (non-hydrogen) atoms. The minimum Gasteiger partial charge on any atom is -0.352 e. The summed E-state index contributed by atoms with van der Waals surface area (Å²) in [6.07, 6.45) is 7.37. The Labute approximate surface area is 232 Å². The van der Waals surface area contributed by atoms with E-state index in [9.17, 15) is 18.0 Å². The lowest BCUT2D eigenvalue weighted by Gasteiger charge is -2.34. The molecule has 1 saturated carbocycles. The van der Waals surface area contributed by atoms with Crippen molar-refractivity contribution in [2.75, 3.05) is 23.7 Å². The van der Waals surface area contributed by atoms with Crippen LogP contribution in [0.4, 0.5) is 5.69 Å². The molecule has 0 unspecified atom stereocenters. The van der Waals surface area contributed by atoms with Gasteiger partial charge >= 0.3 is 0 Å². The minimum atomic E-state index is -3.80. The van der Waals surface area contributed by atoms with E-state index in [1.165, 1.54) is 10.7 Å². The molecule has 0 aromatic heterocycles. The lowest BCUT2D eigenvalue weighted by Crippen LogP contribution is -2.54. The van der Waals surface area contributed by atoms with E-state index in [0.717, 1.165) is 48.3 Å². The number of nitrogens with one attached hydrogen (secondary N) is 1. The molecule has 208 valence electrons. The van der Waals surface area contributed by atoms with E-state index in [2.05, 4.69) is 5.32 Å². The molecule has 1 aliphatic rings. The molecule has 1 aliphatic carbocycles. The Morgan fingerprint density at radius 2 is 1.59 bits per heavy atom. The van der Waals surface area contributed by atoms with Crippen LogP contribution < -0.4 is 9.62 Å². The second-order valence-corrected chi connectivity index (χ2v) is 12.3. The SMILES string of the molecule is CC[C@H](C(=O)NC1CCCCC1)N(CCc1ccccc1)C(=O)CN(c1cccc2ccccc12)S(C)(=O)=O. The summed E-state index contributed by atoms with van der Waals surface area (Å²) in [6, 6.07) is 22.2. The first-order chi connectivity index (χ1) is 18.8. The Morgan fingerprint density at radius 1 is 0.923 bits per heavy atom. The van der Waals surface area contributed by atoms with Crippen LogP contribution in [0.15, 0.2) is 72.8 Å². The summed E-state index contributed by atoms with van der Waals surface area (Å²) in [7, 11) is -3.80. The molecule has 0 radical (unpaired) electrons. The fourth-order valence-electron chi connectivity index (χ4n) is 5.46. The fraction of sp³-hybridized carbons (Fsp3) is 0.419. The summed E-state index contributed by atoms with van der Waals surface area (Å²) in [5, 5.41) is 4.81. The van der Waals surface area contributed by atoms with Crippen LogP contribution in [0.5, 0.6) is 0 Å². The number of fused-ring (bicyclic) bond motifs is 1. The van der Waals surface area contributed by atoms with Gasteiger partial charge in [-0.05, 0) is 42.7 Å². The number of hydrogen-bond donors (Lipinski definition) is 1. The number of sulfonamides is 1. The average molecular weight is 550 g/mol. The van der Waals surface area contributed by atoms with Crippen molar-refractivity contribution in [2.45, 2.75) is 64.0 Å². The highest BCUT2D eigenvalue weighted by Gasteiger charge is 2.32. The highest BCUT2D eigenvalue weighted by atomic mass is 32.2. The summed E-state index contributed by atoms with van der Waals surface area (Å²) in [4.78, 5) is 29.0. The smallest absolute Gasteiger partial charge is 0.244 e. The first-order valence-electron chi connectivity index (χ1n) is 13.9. The third-order valence-corrected chi connectivity index (χ3v) is 8.66. The van der Waals surface area contributed by atoms with Gasteiger partial charge in [-0.2, -0.15) is 0 Å². The second kappa shape index (κ2) is 13.1. The van der Waals surface area contributed by atoms with Gasteiger partial charge in [0.15, 0.2) is 0 Å². The van der Waals surface area contributed by atoms with Crippen LogP contribution in [0.3, 0.4) is 0 Å². The Balaban J connectivity index is 1.63. The van der Waals surface area contributed by atoms with Gasteiger partial charge in [-0.1, -0.05) is 92.9 Å². The molecule has 4 rings (SSSR count). The topological polar surface area (TPSA) is 86.8 Å². The molecule has 1 atom stereocenters. The largest absolute Gasteiger partial charge is 0.352 e. The molecule has 0 saturated heterocycles. The van der Waals surface area contributed by atoms with E-state index in [-0.39, 0.29) is 18.5 Å². The Kier molecular flexibility index (Phi) is 9.62. The minimum absolute atomic E-state index is 0.120. The molecular formula is C31H39N3O4S. The zero-order valence-corrected chi connectivity index (χ0v) is 23.7. The fourth-order valence-corrected chi connectivity index (χ4v) is 6.32. The first-order valence-corrected chi connectivity index (χ1v) is 15.7. The van der Waals surface area contributed by atoms with Gasteiger partial charge in [0, 0.05) is 18.0 Å². The molecule has 3 aromatic carbocycles. The van der Waals surface area contributed by atoms with E-state index in [0.29, 0.717) is 25.1 Å². The molecule has 2 amide bonds. The van der Waals surface area contributed by atoms with E-state index in [4.69, 9.17) is 0 Å². The number of amides is 2. The van der Waals surface area contributed by atoms with Gasteiger partial charge in [-0.15, -0.1) is 0 Å². The van der Waals surface area contributed by atoms with E-state index >= 15 is 0 Å². The number of rotatable bonds is 11. The number of hydrogen-bond acceptors (Lipinski definition) is 4. The lowest BCUT2D eigenvalue weighted by molar-refractivity contribution is -0.140. The maximum atomic E-state index is 14.0. The van der Waals surface area contributed by atoms with Crippen molar-refractivity contribution in [3.63, 3.8) is 0 Å². The molecule has 0 spiro atoms. The van der Waals surface area contributed by atoms with Crippen LogP contribution in [-0.2, 0) is 26.0 Å². The van der Waals surface area contributed by atoms with Crippen LogP contribution in [0, 0.1) is 0 Å². The molecule has 0 bridgehead atoms. The third-order valence-electron chi connectivity index (χ3n) is 7.54. The van der Waals surface area contributed by atoms with E-state index in [1.54, 1.807) is 17.0 Å². The Bertz CT molecular complexity index is 1370. The zero-order chi connectivity index (χ0) is 27.8.